The predicted octanol–water partition coefficient (Wildman–Crippen LogP) is 2.81. The van der Waals surface area contributed by atoms with Gasteiger partial charge in [-0.2, -0.15) is 0 Å². The van der Waals surface area contributed by atoms with Crippen LogP contribution in [0.2, 0.25) is 0 Å². The summed E-state index contributed by atoms with van der Waals surface area (Å²) >= 11 is 3.46. The molecular formula is C15H23BrN2O2. The fourth-order valence-corrected chi connectivity index (χ4v) is 2.06. The standard InChI is InChI=1S/C15H23BrN2O2/c1-4-8-17-10-12-9-13(16)6-7-14(12)20-11-15(19)18(3)5-2/h6-7,9,17H,4-5,8,10-11H2,1-3H3. The molecule has 0 aliphatic rings. The molecule has 1 amide bonds. The molecule has 112 valence electrons. The van der Waals surface area contributed by atoms with E-state index in [9.17, 15) is 4.79 Å². The van der Waals surface area contributed by atoms with Gasteiger partial charge in [0.25, 0.3) is 5.91 Å². The maximum Gasteiger partial charge on any atom is 0.260 e. The molecule has 0 aliphatic carbocycles. The van der Waals surface area contributed by atoms with Crippen molar-refractivity contribution in [3.63, 3.8) is 0 Å². The second-order valence-corrected chi connectivity index (χ2v) is 5.54. The number of likely N-dealkylation sites (N-methyl/N-ethyl adjacent to an activating group) is 1. The Morgan fingerprint density at radius 3 is 2.80 bits per heavy atom. The molecule has 20 heavy (non-hydrogen) atoms. The molecule has 0 unspecified atom stereocenters. The Morgan fingerprint density at radius 1 is 1.40 bits per heavy atom. The van der Waals surface area contributed by atoms with Crippen molar-refractivity contribution in [1.29, 1.82) is 0 Å². The maximum absolute atomic E-state index is 11.8. The highest BCUT2D eigenvalue weighted by atomic mass is 79.9. The predicted molar refractivity (Wildman–Crippen MR) is 84.9 cm³/mol. The van der Waals surface area contributed by atoms with Crippen molar-refractivity contribution in [1.82, 2.24) is 10.2 Å². The molecule has 0 aliphatic heterocycles. The Kier molecular flexibility index (Phi) is 7.62. The van der Waals surface area contributed by atoms with E-state index in [2.05, 4.69) is 28.2 Å². The Hall–Kier alpha value is -1.07. The zero-order valence-electron chi connectivity index (χ0n) is 12.4. The van der Waals surface area contributed by atoms with Crippen LogP contribution in [0.15, 0.2) is 22.7 Å². The van der Waals surface area contributed by atoms with E-state index in [-0.39, 0.29) is 12.5 Å². The first-order valence-electron chi connectivity index (χ1n) is 6.94. The highest BCUT2D eigenvalue weighted by Crippen LogP contribution is 2.23. The molecular weight excluding hydrogens is 320 g/mol. The van der Waals surface area contributed by atoms with E-state index in [4.69, 9.17) is 4.74 Å². The maximum atomic E-state index is 11.8. The molecule has 1 aromatic carbocycles. The van der Waals surface area contributed by atoms with E-state index in [0.717, 1.165) is 35.3 Å². The minimum Gasteiger partial charge on any atom is -0.483 e. The molecule has 0 atom stereocenters. The molecule has 1 N–H and O–H groups in total. The Labute approximate surface area is 129 Å². The average molecular weight is 343 g/mol. The van der Waals surface area contributed by atoms with Crippen molar-refractivity contribution in [2.75, 3.05) is 26.7 Å². The van der Waals surface area contributed by atoms with E-state index in [0.29, 0.717) is 6.54 Å². The normalized spacial score (nSPS) is 10.4. The molecule has 0 bridgehead atoms. The topological polar surface area (TPSA) is 41.6 Å². The highest BCUT2D eigenvalue weighted by Gasteiger charge is 2.10. The summed E-state index contributed by atoms with van der Waals surface area (Å²) < 4.78 is 6.66. The minimum atomic E-state index is -0.0112. The van der Waals surface area contributed by atoms with Gasteiger partial charge in [-0.05, 0) is 38.1 Å². The number of hydrogen-bond acceptors (Lipinski definition) is 3. The van der Waals surface area contributed by atoms with E-state index >= 15 is 0 Å². The van der Waals surface area contributed by atoms with Gasteiger partial charge in [0.05, 0.1) is 0 Å². The lowest BCUT2D eigenvalue weighted by atomic mass is 10.2. The first-order valence-corrected chi connectivity index (χ1v) is 7.73. The van der Waals surface area contributed by atoms with Crippen LogP contribution < -0.4 is 10.1 Å². The molecule has 0 saturated heterocycles. The Bertz CT molecular complexity index is 438. The molecule has 1 rings (SSSR count). The van der Waals surface area contributed by atoms with Crippen LogP contribution in [-0.2, 0) is 11.3 Å². The second kappa shape index (κ2) is 8.97. The minimum absolute atomic E-state index is 0.0112. The lowest BCUT2D eigenvalue weighted by molar-refractivity contribution is -0.131. The fraction of sp³-hybridized carbons (Fsp3) is 0.533. The summed E-state index contributed by atoms with van der Waals surface area (Å²) in [4.78, 5) is 13.4. The van der Waals surface area contributed by atoms with Crippen LogP contribution in [0.1, 0.15) is 25.8 Å². The van der Waals surface area contributed by atoms with Gasteiger partial charge in [0.2, 0.25) is 0 Å². The smallest absolute Gasteiger partial charge is 0.260 e. The zero-order chi connectivity index (χ0) is 15.0. The van der Waals surface area contributed by atoms with Gasteiger partial charge in [-0.3, -0.25) is 4.79 Å². The number of ether oxygens (including phenoxy) is 1. The summed E-state index contributed by atoms with van der Waals surface area (Å²) in [5.74, 6) is 0.748. The highest BCUT2D eigenvalue weighted by molar-refractivity contribution is 9.10. The fourth-order valence-electron chi connectivity index (χ4n) is 1.65. The summed E-state index contributed by atoms with van der Waals surface area (Å²) in [5, 5.41) is 3.34. The monoisotopic (exact) mass is 342 g/mol. The number of rotatable bonds is 8. The van der Waals surface area contributed by atoms with Crippen LogP contribution in [0.4, 0.5) is 0 Å². The van der Waals surface area contributed by atoms with Gasteiger partial charge in [-0.25, -0.2) is 0 Å². The SMILES string of the molecule is CCCNCc1cc(Br)ccc1OCC(=O)N(C)CC. The number of hydrogen-bond donors (Lipinski definition) is 1. The summed E-state index contributed by atoms with van der Waals surface area (Å²) in [7, 11) is 1.77. The number of nitrogens with zero attached hydrogens (tertiary/aromatic N) is 1. The van der Waals surface area contributed by atoms with Crippen molar-refractivity contribution in [2.24, 2.45) is 0 Å². The summed E-state index contributed by atoms with van der Waals surface area (Å²) in [6, 6.07) is 5.84. The number of carbonyl (C=O) groups is 1. The van der Waals surface area contributed by atoms with E-state index in [1.165, 1.54) is 0 Å². The molecule has 0 fully saturated rings. The third kappa shape index (κ3) is 5.51. The van der Waals surface area contributed by atoms with E-state index < -0.39 is 0 Å². The molecule has 5 heteroatoms. The third-order valence-corrected chi connectivity index (χ3v) is 3.51. The van der Waals surface area contributed by atoms with Gasteiger partial charge in [0.1, 0.15) is 5.75 Å². The number of halogens is 1. The van der Waals surface area contributed by atoms with Crippen LogP contribution in [0.5, 0.6) is 5.75 Å². The van der Waals surface area contributed by atoms with Gasteiger partial charge in [-0.1, -0.05) is 22.9 Å². The molecule has 0 aromatic heterocycles. The van der Waals surface area contributed by atoms with Crippen LogP contribution in [0, 0.1) is 0 Å². The third-order valence-electron chi connectivity index (χ3n) is 3.02. The van der Waals surface area contributed by atoms with Crippen LogP contribution in [0.3, 0.4) is 0 Å². The number of benzene rings is 1. The van der Waals surface area contributed by atoms with Crippen molar-refractivity contribution in [3.8, 4) is 5.75 Å². The molecule has 4 nitrogen and oxygen atoms in total. The first-order chi connectivity index (χ1) is 9.58. The number of nitrogens with one attached hydrogen (secondary N) is 1. The lowest BCUT2D eigenvalue weighted by Crippen LogP contribution is -2.31. The Morgan fingerprint density at radius 2 is 2.15 bits per heavy atom. The molecule has 0 radical (unpaired) electrons. The number of carbonyl (C=O) groups excluding carboxylic acids is 1. The van der Waals surface area contributed by atoms with Gasteiger partial charge < -0.3 is 15.0 Å². The quantitative estimate of drug-likeness (QED) is 0.738. The molecule has 0 saturated carbocycles. The van der Waals surface area contributed by atoms with Gasteiger partial charge in [0, 0.05) is 30.2 Å². The first kappa shape index (κ1) is 17.0. The zero-order valence-corrected chi connectivity index (χ0v) is 14.0. The molecule has 1 aromatic rings. The van der Waals surface area contributed by atoms with Crippen molar-refractivity contribution in [2.45, 2.75) is 26.8 Å². The van der Waals surface area contributed by atoms with Crippen molar-refractivity contribution in [3.05, 3.63) is 28.2 Å². The number of amides is 1. The van der Waals surface area contributed by atoms with Crippen molar-refractivity contribution >= 4 is 21.8 Å². The molecule has 0 spiro atoms. The van der Waals surface area contributed by atoms with Crippen molar-refractivity contribution < 1.29 is 9.53 Å². The van der Waals surface area contributed by atoms with Crippen LogP contribution in [0.25, 0.3) is 0 Å². The van der Waals surface area contributed by atoms with E-state index in [1.807, 2.05) is 25.1 Å². The van der Waals surface area contributed by atoms with E-state index in [1.54, 1.807) is 11.9 Å². The van der Waals surface area contributed by atoms with Gasteiger partial charge >= 0.3 is 0 Å². The van der Waals surface area contributed by atoms with Crippen LogP contribution in [-0.4, -0.2) is 37.6 Å². The van der Waals surface area contributed by atoms with Gasteiger partial charge in [0.15, 0.2) is 6.61 Å². The van der Waals surface area contributed by atoms with Gasteiger partial charge in [-0.15, -0.1) is 0 Å². The lowest BCUT2D eigenvalue weighted by Gasteiger charge is -2.16. The summed E-state index contributed by atoms with van der Waals surface area (Å²) in [6.45, 7) is 6.53. The second-order valence-electron chi connectivity index (χ2n) is 4.63. The summed E-state index contributed by atoms with van der Waals surface area (Å²) in [6.07, 6.45) is 1.09. The summed E-state index contributed by atoms with van der Waals surface area (Å²) in [5.41, 5.74) is 1.06. The molecule has 0 heterocycles. The largest absolute Gasteiger partial charge is 0.483 e. The average Bonchev–Trinajstić information content (AvgIpc) is 2.45. The van der Waals surface area contributed by atoms with Crippen LogP contribution >= 0.6 is 15.9 Å². The Balaban J connectivity index is 2.66.